The standard InChI is InChI=1S/C14H23N5O4/c1-4-18(13(22)16-11(3)20)7-5-15-6-8-19-9-10(2)12(21)17-14(19)23/h9,15H,4-8H2,1-3H3,(H,16,20,22)(H,17,21,23). The summed E-state index contributed by atoms with van der Waals surface area (Å²) in [6.45, 7) is 7.11. The van der Waals surface area contributed by atoms with Crippen molar-refractivity contribution in [3.63, 3.8) is 0 Å². The molecule has 9 nitrogen and oxygen atoms in total. The average molecular weight is 325 g/mol. The summed E-state index contributed by atoms with van der Waals surface area (Å²) in [5.74, 6) is -0.394. The van der Waals surface area contributed by atoms with E-state index in [0.29, 0.717) is 38.3 Å². The van der Waals surface area contributed by atoms with Crippen LogP contribution in [0.15, 0.2) is 15.8 Å². The number of urea groups is 1. The first-order valence-corrected chi connectivity index (χ1v) is 7.42. The van der Waals surface area contributed by atoms with E-state index < -0.39 is 17.6 Å². The van der Waals surface area contributed by atoms with Gasteiger partial charge >= 0.3 is 11.7 Å². The molecule has 3 N–H and O–H groups in total. The van der Waals surface area contributed by atoms with Crippen molar-refractivity contribution in [2.24, 2.45) is 0 Å². The Morgan fingerprint density at radius 1 is 1.30 bits per heavy atom. The van der Waals surface area contributed by atoms with Crippen molar-refractivity contribution in [3.05, 3.63) is 32.6 Å². The SMILES string of the molecule is CCN(CCNCCn1cc(C)c(=O)[nH]c1=O)C(=O)NC(C)=O. The zero-order valence-corrected chi connectivity index (χ0v) is 13.6. The van der Waals surface area contributed by atoms with Crippen LogP contribution < -0.4 is 21.9 Å². The van der Waals surface area contributed by atoms with Crippen molar-refractivity contribution in [3.8, 4) is 0 Å². The molecule has 0 unspecified atom stereocenters. The summed E-state index contributed by atoms with van der Waals surface area (Å²) in [6.07, 6.45) is 1.52. The van der Waals surface area contributed by atoms with Gasteiger partial charge in [0.05, 0.1) is 0 Å². The molecule has 0 radical (unpaired) electrons. The molecule has 1 aromatic rings. The second-order valence-electron chi connectivity index (χ2n) is 5.08. The number of nitrogens with zero attached hydrogens (tertiary/aromatic N) is 2. The van der Waals surface area contributed by atoms with Gasteiger partial charge in [-0.25, -0.2) is 9.59 Å². The lowest BCUT2D eigenvalue weighted by atomic mass is 10.4. The summed E-state index contributed by atoms with van der Waals surface area (Å²) in [5, 5.41) is 5.33. The number of carbonyl (C=O) groups is 2. The molecule has 1 rings (SSSR count). The predicted octanol–water partition coefficient (Wildman–Crippen LogP) is -0.987. The molecule has 0 bridgehead atoms. The normalized spacial score (nSPS) is 10.4. The third-order valence-corrected chi connectivity index (χ3v) is 3.23. The van der Waals surface area contributed by atoms with Gasteiger partial charge in [0, 0.05) is 51.4 Å². The van der Waals surface area contributed by atoms with Gasteiger partial charge in [0.2, 0.25) is 5.91 Å². The summed E-state index contributed by atoms with van der Waals surface area (Å²) >= 11 is 0. The molecule has 0 aliphatic rings. The lowest BCUT2D eigenvalue weighted by molar-refractivity contribution is -0.118. The van der Waals surface area contributed by atoms with E-state index in [-0.39, 0.29) is 5.56 Å². The van der Waals surface area contributed by atoms with Gasteiger partial charge in [-0.15, -0.1) is 0 Å². The quantitative estimate of drug-likeness (QED) is 0.557. The highest BCUT2D eigenvalue weighted by molar-refractivity contribution is 5.92. The second kappa shape index (κ2) is 8.89. The van der Waals surface area contributed by atoms with Crippen LogP contribution in [0.5, 0.6) is 0 Å². The molecule has 1 aromatic heterocycles. The van der Waals surface area contributed by atoms with E-state index in [1.165, 1.54) is 22.6 Å². The molecule has 9 heteroatoms. The maximum absolute atomic E-state index is 11.7. The van der Waals surface area contributed by atoms with E-state index in [9.17, 15) is 19.2 Å². The number of nitrogens with one attached hydrogen (secondary N) is 3. The minimum atomic E-state index is -0.446. The van der Waals surface area contributed by atoms with Gasteiger partial charge in [0.25, 0.3) is 5.56 Å². The van der Waals surface area contributed by atoms with Crippen molar-refractivity contribution in [2.75, 3.05) is 26.2 Å². The summed E-state index contributed by atoms with van der Waals surface area (Å²) in [6, 6.07) is -0.422. The van der Waals surface area contributed by atoms with Gasteiger partial charge in [-0.1, -0.05) is 0 Å². The highest BCUT2D eigenvalue weighted by Crippen LogP contribution is 1.88. The van der Waals surface area contributed by atoms with E-state index >= 15 is 0 Å². The van der Waals surface area contributed by atoms with Crippen molar-refractivity contribution in [1.29, 1.82) is 0 Å². The fraction of sp³-hybridized carbons (Fsp3) is 0.571. The predicted molar refractivity (Wildman–Crippen MR) is 85.4 cm³/mol. The van der Waals surface area contributed by atoms with Crippen LogP contribution >= 0.6 is 0 Å². The molecule has 0 fully saturated rings. The molecule has 0 aliphatic carbocycles. The minimum Gasteiger partial charge on any atom is -0.323 e. The fourth-order valence-electron chi connectivity index (χ4n) is 1.96. The number of aromatic amines is 1. The van der Waals surface area contributed by atoms with Gasteiger partial charge in [0.1, 0.15) is 0 Å². The molecule has 128 valence electrons. The third-order valence-electron chi connectivity index (χ3n) is 3.23. The number of aryl methyl sites for hydroxylation is 1. The fourth-order valence-corrected chi connectivity index (χ4v) is 1.96. The minimum absolute atomic E-state index is 0.380. The number of H-pyrrole nitrogens is 1. The summed E-state index contributed by atoms with van der Waals surface area (Å²) < 4.78 is 1.42. The Kier molecular flexibility index (Phi) is 7.20. The maximum atomic E-state index is 11.7. The van der Waals surface area contributed by atoms with Crippen LogP contribution in [0, 0.1) is 6.92 Å². The summed E-state index contributed by atoms with van der Waals surface area (Å²) in [5.41, 5.74) is -0.352. The molecule has 0 aromatic carbocycles. The number of likely N-dealkylation sites (N-methyl/N-ethyl adjacent to an activating group) is 1. The van der Waals surface area contributed by atoms with Crippen LogP contribution in [0.3, 0.4) is 0 Å². The number of rotatable bonds is 7. The van der Waals surface area contributed by atoms with E-state index in [2.05, 4.69) is 15.6 Å². The summed E-state index contributed by atoms with van der Waals surface area (Å²) in [7, 11) is 0. The molecular formula is C14H23N5O4. The van der Waals surface area contributed by atoms with Crippen LogP contribution in [0.2, 0.25) is 0 Å². The maximum Gasteiger partial charge on any atom is 0.328 e. The highest BCUT2D eigenvalue weighted by Gasteiger charge is 2.11. The number of aromatic nitrogens is 2. The Hall–Kier alpha value is -2.42. The Morgan fingerprint density at radius 2 is 2.00 bits per heavy atom. The number of carbonyl (C=O) groups excluding carboxylic acids is 2. The molecule has 3 amide bonds. The topological polar surface area (TPSA) is 116 Å². The molecular weight excluding hydrogens is 302 g/mol. The van der Waals surface area contributed by atoms with Gasteiger partial charge in [-0.2, -0.15) is 0 Å². The lowest BCUT2D eigenvalue weighted by Crippen LogP contribution is -2.45. The number of imide groups is 1. The monoisotopic (exact) mass is 325 g/mol. The van der Waals surface area contributed by atoms with Crippen molar-refractivity contribution >= 4 is 11.9 Å². The van der Waals surface area contributed by atoms with Gasteiger partial charge in [-0.3, -0.25) is 24.5 Å². The zero-order valence-electron chi connectivity index (χ0n) is 13.6. The van der Waals surface area contributed by atoms with Gasteiger partial charge < -0.3 is 10.2 Å². The van der Waals surface area contributed by atoms with Crippen LogP contribution in [0.1, 0.15) is 19.4 Å². The molecule has 0 atom stereocenters. The first kappa shape index (κ1) is 18.6. The van der Waals surface area contributed by atoms with Gasteiger partial charge in [0.15, 0.2) is 0 Å². The van der Waals surface area contributed by atoms with Crippen molar-refractivity contribution < 1.29 is 9.59 Å². The van der Waals surface area contributed by atoms with Crippen LogP contribution in [-0.2, 0) is 11.3 Å². The Bertz CT molecular complexity index is 664. The lowest BCUT2D eigenvalue weighted by Gasteiger charge is -2.20. The molecule has 0 saturated heterocycles. The van der Waals surface area contributed by atoms with E-state index in [1.54, 1.807) is 6.92 Å². The smallest absolute Gasteiger partial charge is 0.323 e. The van der Waals surface area contributed by atoms with Crippen molar-refractivity contribution in [1.82, 2.24) is 25.1 Å². The molecule has 1 heterocycles. The van der Waals surface area contributed by atoms with E-state index in [4.69, 9.17) is 0 Å². The van der Waals surface area contributed by atoms with Crippen LogP contribution in [0.4, 0.5) is 4.79 Å². The first-order chi connectivity index (χ1) is 10.8. The van der Waals surface area contributed by atoms with Gasteiger partial charge in [-0.05, 0) is 13.8 Å². The molecule has 0 saturated carbocycles. The molecule has 23 heavy (non-hydrogen) atoms. The molecule has 0 aliphatic heterocycles. The van der Waals surface area contributed by atoms with E-state index in [0.717, 1.165) is 0 Å². The Morgan fingerprint density at radius 3 is 2.61 bits per heavy atom. The second-order valence-corrected chi connectivity index (χ2v) is 5.08. The van der Waals surface area contributed by atoms with Crippen LogP contribution in [-0.4, -0.2) is 52.6 Å². The highest BCUT2D eigenvalue weighted by atomic mass is 16.2. The van der Waals surface area contributed by atoms with Crippen molar-refractivity contribution in [2.45, 2.75) is 27.3 Å². The Labute approximate surface area is 133 Å². The number of amides is 3. The average Bonchev–Trinajstić information content (AvgIpc) is 2.47. The number of hydrogen-bond acceptors (Lipinski definition) is 5. The van der Waals surface area contributed by atoms with E-state index in [1.807, 2.05) is 6.92 Å². The Balaban J connectivity index is 2.39. The number of hydrogen-bond donors (Lipinski definition) is 3. The molecule has 0 spiro atoms. The first-order valence-electron chi connectivity index (χ1n) is 7.42. The largest absolute Gasteiger partial charge is 0.328 e. The van der Waals surface area contributed by atoms with Crippen LogP contribution in [0.25, 0.3) is 0 Å². The summed E-state index contributed by atoms with van der Waals surface area (Å²) in [4.78, 5) is 49.1. The zero-order chi connectivity index (χ0) is 17.4. The third kappa shape index (κ3) is 6.07.